The molecule has 4 nitrogen and oxygen atoms in total. The van der Waals surface area contributed by atoms with E-state index in [1.54, 1.807) is 6.92 Å². The summed E-state index contributed by atoms with van der Waals surface area (Å²) in [5, 5.41) is 0. The van der Waals surface area contributed by atoms with Gasteiger partial charge in [0.05, 0.1) is 5.75 Å². The average Bonchev–Trinajstić information content (AvgIpc) is 2.27. The molecule has 0 atom stereocenters. The summed E-state index contributed by atoms with van der Waals surface area (Å²) in [4.78, 5) is 11.7. The molecular formula is C10H17F3O4S3. The molecule has 1 aliphatic heterocycles. The second-order valence-corrected chi connectivity index (χ2v) is 10.6. The number of carbonyl (C=O) groups is 1. The van der Waals surface area contributed by atoms with Crippen molar-refractivity contribution in [1.29, 1.82) is 0 Å². The lowest BCUT2D eigenvalue weighted by Crippen LogP contribution is -2.34. The molecule has 20 heavy (non-hydrogen) atoms. The van der Waals surface area contributed by atoms with Crippen molar-refractivity contribution in [1.82, 2.24) is 0 Å². The molecule has 1 aliphatic rings. The number of carbonyl (C=O) groups excluding carboxylic acids is 1. The van der Waals surface area contributed by atoms with Crippen LogP contribution in [0.4, 0.5) is 13.2 Å². The van der Waals surface area contributed by atoms with Gasteiger partial charge in [0, 0.05) is 29.4 Å². The topological polar surface area (TPSA) is 60.4 Å². The number of thioether (sulfide) groups is 1. The molecule has 0 aliphatic carbocycles. The zero-order valence-corrected chi connectivity index (χ0v) is 13.4. The molecule has 0 amide bonds. The summed E-state index contributed by atoms with van der Waals surface area (Å²) in [5.74, 6) is 1.03. The molecule has 0 aromatic heterocycles. The van der Waals surface area contributed by atoms with Crippen LogP contribution in [-0.2, 0) is 18.5 Å². The number of halogens is 3. The monoisotopic (exact) mass is 354 g/mol. The van der Waals surface area contributed by atoms with Crippen LogP contribution in [0.1, 0.15) is 19.8 Å². The van der Waals surface area contributed by atoms with Crippen molar-refractivity contribution < 1.29 is 30.0 Å². The largest absolute Gasteiger partial charge is 0.523 e. The number of ketones is 1. The molecule has 0 aromatic rings. The first-order chi connectivity index (χ1) is 9.12. The second-order valence-electron chi connectivity index (χ2n) is 4.39. The molecule has 1 heterocycles. The molecule has 0 aromatic carbocycles. The van der Waals surface area contributed by atoms with Gasteiger partial charge in [-0.25, -0.2) is 3.63 Å². The Morgan fingerprint density at radius 3 is 2.30 bits per heavy atom. The summed E-state index contributed by atoms with van der Waals surface area (Å²) in [6.45, 7) is 1.78. The lowest BCUT2D eigenvalue weighted by Gasteiger charge is -2.40. The Kier molecular flexibility index (Phi) is 6.24. The molecule has 0 unspecified atom stereocenters. The predicted molar refractivity (Wildman–Crippen MR) is 75.5 cm³/mol. The van der Waals surface area contributed by atoms with Crippen LogP contribution in [-0.4, -0.2) is 48.5 Å². The van der Waals surface area contributed by atoms with Crippen LogP contribution in [0.5, 0.6) is 0 Å². The third-order valence-corrected chi connectivity index (χ3v) is 9.35. The Labute approximate surface area is 122 Å². The lowest BCUT2D eigenvalue weighted by atomic mass is 10.3. The number of Topliss-reactive ketones (excluding diaryl/α,β-unsaturated/α-hetero) is 1. The van der Waals surface area contributed by atoms with E-state index >= 15 is 0 Å². The third kappa shape index (κ3) is 4.81. The smallest absolute Gasteiger partial charge is 0.299 e. The molecule has 120 valence electrons. The van der Waals surface area contributed by atoms with Gasteiger partial charge in [0.2, 0.25) is 0 Å². The van der Waals surface area contributed by atoms with E-state index in [0.717, 1.165) is 0 Å². The molecule has 0 radical (unpaired) electrons. The Balaban J connectivity index is 2.92. The molecular weight excluding hydrogens is 337 g/mol. The zero-order valence-electron chi connectivity index (χ0n) is 10.9. The highest BCUT2D eigenvalue weighted by Crippen LogP contribution is 2.55. The highest BCUT2D eigenvalue weighted by Gasteiger charge is 2.51. The minimum absolute atomic E-state index is 0.198. The van der Waals surface area contributed by atoms with E-state index in [1.807, 2.05) is 0 Å². The molecule has 1 saturated heterocycles. The van der Waals surface area contributed by atoms with Crippen LogP contribution in [0, 0.1) is 0 Å². The fraction of sp³-hybridized carbons (Fsp3) is 0.900. The number of hydrogen-bond donors (Lipinski definition) is 0. The van der Waals surface area contributed by atoms with Crippen molar-refractivity contribution in [3.63, 3.8) is 0 Å². The van der Waals surface area contributed by atoms with Crippen molar-refractivity contribution in [3.8, 4) is 0 Å². The Morgan fingerprint density at radius 1 is 1.30 bits per heavy atom. The molecule has 0 N–H and O–H groups in total. The van der Waals surface area contributed by atoms with Gasteiger partial charge in [0.1, 0.15) is 5.78 Å². The van der Waals surface area contributed by atoms with Crippen LogP contribution >= 0.6 is 22.1 Å². The second kappa shape index (κ2) is 6.89. The zero-order chi connectivity index (χ0) is 15.4. The molecule has 0 saturated carbocycles. The van der Waals surface area contributed by atoms with Crippen LogP contribution in [0.2, 0.25) is 0 Å². The average molecular weight is 354 g/mol. The number of rotatable bonds is 6. The van der Waals surface area contributed by atoms with Gasteiger partial charge in [-0.05, 0) is 6.42 Å². The first kappa shape index (κ1) is 18.1. The minimum Gasteiger partial charge on any atom is -0.299 e. The quantitative estimate of drug-likeness (QED) is 0.687. The summed E-state index contributed by atoms with van der Waals surface area (Å²) in [7, 11) is -8.18. The van der Waals surface area contributed by atoms with Crippen molar-refractivity contribution in [2.24, 2.45) is 0 Å². The van der Waals surface area contributed by atoms with E-state index in [2.05, 4.69) is 3.63 Å². The molecule has 10 heteroatoms. The summed E-state index contributed by atoms with van der Waals surface area (Å²) in [6, 6.07) is 0. The molecule has 1 rings (SSSR count). The van der Waals surface area contributed by atoms with Crippen molar-refractivity contribution in [2.75, 3.05) is 28.8 Å². The van der Waals surface area contributed by atoms with Gasteiger partial charge < -0.3 is 0 Å². The first-order valence-corrected chi connectivity index (χ1v) is 10.6. The van der Waals surface area contributed by atoms with E-state index in [9.17, 15) is 26.4 Å². The molecule has 1 fully saturated rings. The van der Waals surface area contributed by atoms with Gasteiger partial charge in [-0.3, -0.25) is 4.79 Å². The van der Waals surface area contributed by atoms with E-state index in [0.29, 0.717) is 17.9 Å². The van der Waals surface area contributed by atoms with Crippen molar-refractivity contribution in [3.05, 3.63) is 0 Å². The number of alkyl halides is 3. The SMILES string of the molecule is CCCC(=O)CS1(OS(=O)(=O)C(F)(F)F)CCSCC1. The number of hydrogen-bond acceptors (Lipinski definition) is 5. The Bertz CT molecular complexity index is 441. The predicted octanol–water partition coefficient (Wildman–Crippen LogP) is 2.69. The molecule has 0 spiro atoms. The summed E-state index contributed by atoms with van der Waals surface area (Å²) in [6.07, 6.45) is 0.812. The fourth-order valence-electron chi connectivity index (χ4n) is 1.74. The van der Waals surface area contributed by atoms with E-state index in [-0.39, 0.29) is 29.5 Å². The minimum atomic E-state index is -5.64. The summed E-state index contributed by atoms with van der Waals surface area (Å²) in [5.41, 5.74) is -5.44. The maximum Gasteiger partial charge on any atom is 0.523 e. The van der Waals surface area contributed by atoms with Crippen LogP contribution in [0.3, 0.4) is 0 Å². The first-order valence-electron chi connectivity index (χ1n) is 6.00. The Morgan fingerprint density at radius 2 is 1.85 bits per heavy atom. The van der Waals surface area contributed by atoms with Gasteiger partial charge >= 0.3 is 15.6 Å². The van der Waals surface area contributed by atoms with Crippen molar-refractivity contribution >= 4 is 38.0 Å². The van der Waals surface area contributed by atoms with Crippen LogP contribution in [0.15, 0.2) is 0 Å². The van der Waals surface area contributed by atoms with Gasteiger partial charge in [-0.1, -0.05) is 6.92 Å². The standard InChI is InChI=1S/C10H17F3O4S3/c1-2-3-9(14)8-19(6-4-18-5-7-19)17-20(15,16)10(11,12)13/h2-8H2,1H3. The van der Waals surface area contributed by atoms with E-state index in [4.69, 9.17) is 0 Å². The van der Waals surface area contributed by atoms with Gasteiger partial charge in [-0.2, -0.15) is 33.4 Å². The maximum absolute atomic E-state index is 12.5. The normalized spacial score (nSPS) is 21.4. The summed E-state index contributed by atoms with van der Waals surface area (Å²) < 4.78 is 64.3. The van der Waals surface area contributed by atoms with Crippen LogP contribution < -0.4 is 0 Å². The van der Waals surface area contributed by atoms with Crippen LogP contribution in [0.25, 0.3) is 0 Å². The van der Waals surface area contributed by atoms with Gasteiger partial charge in [-0.15, -0.1) is 10.3 Å². The Hall–Kier alpha value is 0.0700. The fourth-order valence-corrected chi connectivity index (χ4v) is 9.10. The van der Waals surface area contributed by atoms with E-state index in [1.165, 1.54) is 11.8 Å². The van der Waals surface area contributed by atoms with Crippen molar-refractivity contribution in [2.45, 2.75) is 25.3 Å². The highest BCUT2D eigenvalue weighted by molar-refractivity contribution is 8.34. The maximum atomic E-state index is 12.5. The van der Waals surface area contributed by atoms with Gasteiger partial charge in [0.15, 0.2) is 0 Å². The third-order valence-electron chi connectivity index (χ3n) is 2.67. The lowest BCUT2D eigenvalue weighted by molar-refractivity contribution is -0.116. The summed E-state index contributed by atoms with van der Waals surface area (Å²) >= 11 is 1.52. The molecule has 0 bridgehead atoms. The van der Waals surface area contributed by atoms with Gasteiger partial charge in [0.25, 0.3) is 0 Å². The van der Waals surface area contributed by atoms with E-state index < -0.39 is 25.9 Å². The highest BCUT2D eigenvalue weighted by atomic mass is 32.3.